The van der Waals surface area contributed by atoms with E-state index in [-0.39, 0.29) is 6.61 Å². The zero-order chi connectivity index (χ0) is 10.9. The first-order valence-electron chi connectivity index (χ1n) is 5.17. The van der Waals surface area contributed by atoms with Crippen LogP contribution in [0.3, 0.4) is 0 Å². The number of ether oxygens (including phenoxy) is 1. The molecule has 0 spiro atoms. The summed E-state index contributed by atoms with van der Waals surface area (Å²) < 4.78 is 5.41. The minimum absolute atomic E-state index is 0.0598. The maximum atomic E-state index is 8.62. The monoisotopic (exact) mass is 211 g/mol. The zero-order valence-corrected chi connectivity index (χ0v) is 8.94. The Bertz CT molecular complexity index is 281. The predicted molar refractivity (Wildman–Crippen MR) is 58.0 cm³/mol. The number of hydrogen-bond donors (Lipinski definition) is 2. The highest BCUT2D eigenvalue weighted by molar-refractivity contribution is 5.27. The van der Waals surface area contributed by atoms with Crippen LogP contribution in [0.25, 0.3) is 0 Å². The lowest BCUT2D eigenvalue weighted by atomic mass is 10.4. The largest absolute Gasteiger partial charge is 0.478 e. The number of aliphatic hydroxyl groups excluding tert-OH is 1. The molecule has 0 unspecified atom stereocenters. The zero-order valence-electron chi connectivity index (χ0n) is 8.94. The first-order valence-corrected chi connectivity index (χ1v) is 5.17. The molecule has 0 saturated carbocycles. The molecular formula is C10H17N3O2. The lowest BCUT2D eigenvalue weighted by molar-refractivity contribution is 0.297. The molecule has 0 saturated heterocycles. The van der Waals surface area contributed by atoms with Crippen molar-refractivity contribution in [1.82, 2.24) is 9.97 Å². The van der Waals surface area contributed by atoms with Crippen LogP contribution in [0.1, 0.15) is 19.8 Å². The Morgan fingerprint density at radius 2 is 2.40 bits per heavy atom. The van der Waals surface area contributed by atoms with Crippen molar-refractivity contribution in [1.29, 1.82) is 0 Å². The molecule has 0 fully saturated rings. The number of nitrogens with zero attached hydrogens (tertiary/aromatic N) is 2. The lowest BCUT2D eigenvalue weighted by Gasteiger charge is -2.06. The second-order valence-electron chi connectivity index (χ2n) is 3.07. The molecular weight excluding hydrogens is 194 g/mol. The standard InChI is InChI=1S/C10H17N3O2/c1-2-3-8-15-9-4-5-11-10(13-9)12-6-7-14/h4-5,14H,2-3,6-8H2,1H3,(H,11,12,13). The summed E-state index contributed by atoms with van der Waals surface area (Å²) in [6.07, 6.45) is 3.75. The Morgan fingerprint density at radius 1 is 1.53 bits per heavy atom. The molecule has 1 rings (SSSR count). The van der Waals surface area contributed by atoms with Crippen molar-refractivity contribution in [2.24, 2.45) is 0 Å². The van der Waals surface area contributed by atoms with Crippen molar-refractivity contribution in [3.8, 4) is 5.88 Å². The second-order valence-corrected chi connectivity index (χ2v) is 3.07. The Balaban J connectivity index is 2.42. The predicted octanol–water partition coefficient (Wildman–Crippen LogP) is 1.06. The molecule has 5 nitrogen and oxygen atoms in total. The number of anilines is 1. The van der Waals surface area contributed by atoms with Gasteiger partial charge in [-0.25, -0.2) is 4.98 Å². The van der Waals surface area contributed by atoms with E-state index in [9.17, 15) is 0 Å². The fourth-order valence-electron chi connectivity index (χ4n) is 0.996. The molecule has 0 aliphatic rings. The maximum Gasteiger partial charge on any atom is 0.226 e. The average molecular weight is 211 g/mol. The number of aliphatic hydroxyl groups is 1. The number of rotatable bonds is 7. The maximum absolute atomic E-state index is 8.62. The van der Waals surface area contributed by atoms with E-state index in [4.69, 9.17) is 9.84 Å². The molecule has 1 aromatic heterocycles. The number of aromatic nitrogens is 2. The summed E-state index contributed by atoms with van der Waals surface area (Å²) in [5.74, 6) is 1.05. The van der Waals surface area contributed by atoms with E-state index < -0.39 is 0 Å². The third kappa shape index (κ3) is 4.60. The van der Waals surface area contributed by atoms with Crippen molar-refractivity contribution in [2.45, 2.75) is 19.8 Å². The van der Waals surface area contributed by atoms with Crippen LogP contribution < -0.4 is 10.1 Å². The van der Waals surface area contributed by atoms with Gasteiger partial charge in [0.1, 0.15) is 0 Å². The molecule has 0 aliphatic carbocycles. The molecule has 1 heterocycles. The Kier molecular flexibility index (Phi) is 5.47. The highest BCUT2D eigenvalue weighted by Gasteiger charge is 1.98. The summed E-state index contributed by atoms with van der Waals surface area (Å²) in [4.78, 5) is 8.12. The van der Waals surface area contributed by atoms with Gasteiger partial charge in [-0.1, -0.05) is 13.3 Å². The van der Waals surface area contributed by atoms with Crippen molar-refractivity contribution in [3.63, 3.8) is 0 Å². The van der Waals surface area contributed by atoms with Crippen LogP contribution in [0.5, 0.6) is 5.88 Å². The van der Waals surface area contributed by atoms with Gasteiger partial charge in [-0.05, 0) is 6.42 Å². The molecule has 5 heteroatoms. The van der Waals surface area contributed by atoms with Gasteiger partial charge < -0.3 is 15.2 Å². The van der Waals surface area contributed by atoms with Crippen molar-refractivity contribution in [2.75, 3.05) is 25.1 Å². The van der Waals surface area contributed by atoms with Gasteiger partial charge in [-0.2, -0.15) is 4.98 Å². The van der Waals surface area contributed by atoms with E-state index in [1.807, 2.05) is 0 Å². The molecule has 0 aromatic carbocycles. The fourth-order valence-corrected chi connectivity index (χ4v) is 0.996. The van der Waals surface area contributed by atoms with Crippen LogP contribution in [0, 0.1) is 0 Å². The summed E-state index contributed by atoms with van der Waals surface area (Å²) in [6, 6.07) is 1.72. The van der Waals surface area contributed by atoms with Gasteiger partial charge >= 0.3 is 0 Å². The molecule has 0 bridgehead atoms. The first kappa shape index (κ1) is 11.7. The van der Waals surface area contributed by atoms with Crippen LogP contribution in [0.4, 0.5) is 5.95 Å². The average Bonchev–Trinajstić information content (AvgIpc) is 2.27. The molecule has 0 atom stereocenters. The Morgan fingerprint density at radius 3 is 3.13 bits per heavy atom. The summed E-state index contributed by atoms with van der Waals surface area (Å²) in [5.41, 5.74) is 0. The van der Waals surface area contributed by atoms with E-state index in [1.165, 1.54) is 0 Å². The van der Waals surface area contributed by atoms with Crippen LogP contribution in [0.2, 0.25) is 0 Å². The van der Waals surface area contributed by atoms with Crippen LogP contribution in [-0.4, -0.2) is 34.8 Å². The Hall–Kier alpha value is -1.36. The van der Waals surface area contributed by atoms with Gasteiger partial charge in [0.15, 0.2) is 0 Å². The third-order valence-electron chi connectivity index (χ3n) is 1.77. The third-order valence-corrected chi connectivity index (χ3v) is 1.77. The van der Waals surface area contributed by atoms with E-state index in [1.54, 1.807) is 12.3 Å². The quantitative estimate of drug-likeness (QED) is 0.660. The first-order chi connectivity index (χ1) is 7.36. The topological polar surface area (TPSA) is 67.3 Å². The molecule has 15 heavy (non-hydrogen) atoms. The van der Waals surface area contributed by atoms with Gasteiger partial charge in [0.25, 0.3) is 0 Å². The van der Waals surface area contributed by atoms with Crippen LogP contribution in [0.15, 0.2) is 12.3 Å². The molecule has 0 radical (unpaired) electrons. The van der Waals surface area contributed by atoms with Gasteiger partial charge in [-0.3, -0.25) is 0 Å². The molecule has 2 N–H and O–H groups in total. The highest BCUT2D eigenvalue weighted by Crippen LogP contribution is 2.08. The normalized spacial score (nSPS) is 10.0. The number of hydrogen-bond acceptors (Lipinski definition) is 5. The van der Waals surface area contributed by atoms with Gasteiger partial charge in [0.2, 0.25) is 11.8 Å². The fraction of sp³-hybridized carbons (Fsp3) is 0.600. The second kappa shape index (κ2) is 7.00. The van der Waals surface area contributed by atoms with Gasteiger partial charge in [-0.15, -0.1) is 0 Å². The van der Waals surface area contributed by atoms with E-state index >= 15 is 0 Å². The molecule has 0 aliphatic heterocycles. The molecule has 1 aromatic rings. The molecule has 0 amide bonds. The minimum atomic E-state index is 0.0598. The van der Waals surface area contributed by atoms with Crippen molar-refractivity contribution >= 4 is 5.95 Å². The van der Waals surface area contributed by atoms with Crippen LogP contribution >= 0.6 is 0 Å². The van der Waals surface area contributed by atoms with E-state index in [2.05, 4.69) is 22.2 Å². The van der Waals surface area contributed by atoms with Gasteiger partial charge in [0, 0.05) is 18.8 Å². The van der Waals surface area contributed by atoms with E-state index in [0.717, 1.165) is 12.8 Å². The summed E-state index contributed by atoms with van der Waals surface area (Å²) in [7, 11) is 0. The smallest absolute Gasteiger partial charge is 0.226 e. The highest BCUT2D eigenvalue weighted by atomic mass is 16.5. The number of unbranched alkanes of at least 4 members (excludes halogenated alkanes) is 1. The Labute approximate surface area is 89.5 Å². The minimum Gasteiger partial charge on any atom is -0.478 e. The SMILES string of the molecule is CCCCOc1ccnc(NCCO)n1. The lowest BCUT2D eigenvalue weighted by Crippen LogP contribution is -2.09. The summed E-state index contributed by atoms with van der Waals surface area (Å²) in [6.45, 7) is 3.28. The van der Waals surface area contributed by atoms with Crippen molar-refractivity contribution in [3.05, 3.63) is 12.3 Å². The summed E-state index contributed by atoms with van der Waals surface area (Å²) in [5, 5.41) is 11.5. The van der Waals surface area contributed by atoms with E-state index in [0.29, 0.717) is 25.0 Å². The van der Waals surface area contributed by atoms with Gasteiger partial charge in [0.05, 0.1) is 13.2 Å². The molecule has 84 valence electrons. The number of nitrogens with one attached hydrogen (secondary N) is 1. The summed E-state index contributed by atoms with van der Waals surface area (Å²) >= 11 is 0. The van der Waals surface area contributed by atoms with Crippen LogP contribution in [-0.2, 0) is 0 Å². The van der Waals surface area contributed by atoms with Crippen molar-refractivity contribution < 1.29 is 9.84 Å².